The zero-order chi connectivity index (χ0) is 12.7. The third kappa shape index (κ3) is 1.93. The molecule has 0 bridgehead atoms. The molecule has 2 aliphatic heterocycles. The summed E-state index contributed by atoms with van der Waals surface area (Å²) in [6, 6.07) is 5.58. The zero-order valence-corrected chi connectivity index (χ0v) is 10.8. The minimum Gasteiger partial charge on any atom is -0.324 e. The number of carbonyl (C=O) groups excluding carboxylic acids is 2. The minimum atomic E-state index is -0.0742. The van der Waals surface area contributed by atoms with Gasteiger partial charge in [0.2, 0.25) is 5.91 Å². The van der Waals surface area contributed by atoms with Crippen molar-refractivity contribution in [3.05, 3.63) is 23.8 Å². The van der Waals surface area contributed by atoms with E-state index in [0.717, 1.165) is 23.7 Å². The Bertz CT molecular complexity index is 526. The van der Waals surface area contributed by atoms with Gasteiger partial charge in [-0.2, -0.15) is 0 Å². The van der Waals surface area contributed by atoms with E-state index in [0.29, 0.717) is 5.56 Å². The van der Waals surface area contributed by atoms with E-state index in [9.17, 15) is 9.59 Å². The quantitative estimate of drug-likeness (QED) is 0.793. The molecular formula is C13H14N2O2S. The number of carbonyl (C=O) groups is 2. The fourth-order valence-corrected chi connectivity index (χ4v) is 3.00. The zero-order valence-electron chi connectivity index (χ0n) is 10.0. The SMILES string of the molecule is CC1Sc2ccc(C(=O)C3CNC3)cc2NC1=O. The first-order valence-electron chi connectivity index (χ1n) is 6.01. The maximum atomic E-state index is 12.1. The van der Waals surface area contributed by atoms with Crippen LogP contribution in [0.2, 0.25) is 0 Å². The molecule has 1 saturated heterocycles. The van der Waals surface area contributed by atoms with Crippen molar-refractivity contribution in [2.24, 2.45) is 5.92 Å². The van der Waals surface area contributed by atoms with Crippen molar-refractivity contribution in [1.29, 1.82) is 0 Å². The number of amides is 1. The topological polar surface area (TPSA) is 58.2 Å². The molecule has 2 N–H and O–H groups in total. The molecule has 0 aromatic heterocycles. The van der Waals surface area contributed by atoms with Crippen molar-refractivity contribution in [2.75, 3.05) is 18.4 Å². The Kier molecular flexibility index (Phi) is 2.87. The van der Waals surface area contributed by atoms with E-state index in [2.05, 4.69) is 10.6 Å². The van der Waals surface area contributed by atoms with E-state index in [1.165, 1.54) is 11.8 Å². The smallest absolute Gasteiger partial charge is 0.237 e. The number of hydrogen-bond donors (Lipinski definition) is 2. The summed E-state index contributed by atoms with van der Waals surface area (Å²) in [7, 11) is 0. The molecule has 1 fully saturated rings. The third-order valence-electron chi connectivity index (χ3n) is 3.35. The van der Waals surface area contributed by atoms with Crippen LogP contribution in [0.25, 0.3) is 0 Å². The minimum absolute atomic E-state index is 0.00223. The summed E-state index contributed by atoms with van der Waals surface area (Å²) in [6.45, 7) is 3.39. The number of ketones is 1. The molecule has 5 heteroatoms. The molecule has 1 unspecified atom stereocenters. The normalized spacial score (nSPS) is 22.9. The molecule has 4 nitrogen and oxygen atoms in total. The lowest BCUT2D eigenvalue weighted by atomic mass is 9.92. The van der Waals surface area contributed by atoms with Crippen LogP contribution in [0.4, 0.5) is 5.69 Å². The first kappa shape index (κ1) is 11.7. The van der Waals surface area contributed by atoms with E-state index >= 15 is 0 Å². The number of Topliss-reactive ketones (excluding diaryl/α,β-unsaturated/α-hetero) is 1. The van der Waals surface area contributed by atoms with Crippen LogP contribution in [0, 0.1) is 5.92 Å². The molecule has 0 radical (unpaired) electrons. The fraction of sp³-hybridized carbons (Fsp3) is 0.385. The molecule has 2 aliphatic rings. The Hall–Kier alpha value is -1.33. The Morgan fingerprint density at radius 3 is 2.83 bits per heavy atom. The molecule has 0 aliphatic carbocycles. The fourth-order valence-electron chi connectivity index (χ4n) is 2.07. The molecule has 0 saturated carbocycles. The monoisotopic (exact) mass is 262 g/mol. The summed E-state index contributed by atoms with van der Waals surface area (Å²) in [5.41, 5.74) is 1.46. The lowest BCUT2D eigenvalue weighted by Gasteiger charge is -2.26. The Morgan fingerprint density at radius 2 is 2.17 bits per heavy atom. The molecular weight excluding hydrogens is 248 g/mol. The molecule has 2 heterocycles. The summed E-state index contributed by atoms with van der Waals surface area (Å²) in [5.74, 6) is 0.255. The largest absolute Gasteiger partial charge is 0.324 e. The average molecular weight is 262 g/mol. The van der Waals surface area contributed by atoms with Crippen molar-refractivity contribution < 1.29 is 9.59 Å². The van der Waals surface area contributed by atoms with Gasteiger partial charge in [-0.25, -0.2) is 0 Å². The second-order valence-electron chi connectivity index (χ2n) is 4.68. The van der Waals surface area contributed by atoms with Crippen LogP contribution in [0.5, 0.6) is 0 Å². The predicted octanol–water partition coefficient (Wildman–Crippen LogP) is 1.52. The van der Waals surface area contributed by atoms with Gasteiger partial charge in [-0.1, -0.05) is 6.07 Å². The van der Waals surface area contributed by atoms with Crippen molar-refractivity contribution in [3.63, 3.8) is 0 Å². The number of rotatable bonds is 2. The number of nitrogens with one attached hydrogen (secondary N) is 2. The molecule has 1 aromatic carbocycles. The van der Waals surface area contributed by atoms with Crippen molar-refractivity contribution in [3.8, 4) is 0 Å². The highest BCUT2D eigenvalue weighted by atomic mass is 32.2. The van der Waals surface area contributed by atoms with Crippen LogP contribution in [0.1, 0.15) is 17.3 Å². The van der Waals surface area contributed by atoms with Crippen molar-refractivity contribution >= 4 is 29.1 Å². The number of hydrogen-bond acceptors (Lipinski definition) is 4. The van der Waals surface area contributed by atoms with E-state index < -0.39 is 0 Å². The summed E-state index contributed by atoms with van der Waals surface area (Å²) in [4.78, 5) is 24.7. The van der Waals surface area contributed by atoms with Crippen LogP contribution in [-0.4, -0.2) is 30.0 Å². The Morgan fingerprint density at radius 1 is 1.39 bits per heavy atom. The summed E-state index contributed by atoms with van der Waals surface area (Å²) < 4.78 is 0. The van der Waals surface area contributed by atoms with Gasteiger partial charge >= 0.3 is 0 Å². The van der Waals surface area contributed by atoms with E-state index in [-0.39, 0.29) is 22.9 Å². The molecule has 0 spiro atoms. The Balaban J connectivity index is 1.88. The number of fused-ring (bicyclic) bond motifs is 1. The lowest BCUT2D eigenvalue weighted by molar-refractivity contribution is -0.115. The molecule has 3 rings (SSSR count). The van der Waals surface area contributed by atoms with Crippen LogP contribution < -0.4 is 10.6 Å². The van der Waals surface area contributed by atoms with Gasteiger partial charge in [-0.05, 0) is 19.1 Å². The summed E-state index contributed by atoms with van der Waals surface area (Å²) in [5, 5.41) is 5.87. The maximum absolute atomic E-state index is 12.1. The first-order valence-corrected chi connectivity index (χ1v) is 6.89. The van der Waals surface area contributed by atoms with Gasteiger partial charge in [-0.3, -0.25) is 9.59 Å². The van der Waals surface area contributed by atoms with Gasteiger partial charge in [0, 0.05) is 29.5 Å². The standard InChI is InChI=1S/C13H14N2O2S/c1-7-13(17)15-10-4-8(2-3-11(10)18-7)12(16)9-5-14-6-9/h2-4,7,9,14H,5-6H2,1H3,(H,15,17). The maximum Gasteiger partial charge on any atom is 0.237 e. The molecule has 1 amide bonds. The van der Waals surface area contributed by atoms with Crippen molar-refractivity contribution in [2.45, 2.75) is 17.1 Å². The van der Waals surface area contributed by atoms with Gasteiger partial charge in [0.15, 0.2) is 5.78 Å². The third-order valence-corrected chi connectivity index (χ3v) is 4.52. The first-order chi connectivity index (χ1) is 8.65. The molecule has 1 atom stereocenters. The van der Waals surface area contributed by atoms with E-state index in [1.54, 1.807) is 6.07 Å². The van der Waals surface area contributed by atoms with Gasteiger partial charge in [0.1, 0.15) is 0 Å². The summed E-state index contributed by atoms with van der Waals surface area (Å²) >= 11 is 1.53. The van der Waals surface area contributed by atoms with Gasteiger partial charge in [0.25, 0.3) is 0 Å². The highest BCUT2D eigenvalue weighted by Crippen LogP contribution is 2.36. The molecule has 1 aromatic rings. The van der Waals surface area contributed by atoms with Crippen LogP contribution in [0.15, 0.2) is 23.1 Å². The van der Waals surface area contributed by atoms with Gasteiger partial charge in [0.05, 0.1) is 10.9 Å². The predicted molar refractivity (Wildman–Crippen MR) is 71.1 cm³/mol. The summed E-state index contributed by atoms with van der Waals surface area (Å²) in [6.07, 6.45) is 0. The molecule has 18 heavy (non-hydrogen) atoms. The van der Waals surface area contributed by atoms with Crippen molar-refractivity contribution in [1.82, 2.24) is 5.32 Å². The average Bonchev–Trinajstić information content (AvgIpc) is 2.27. The number of thioether (sulfide) groups is 1. The number of anilines is 1. The van der Waals surface area contributed by atoms with Crippen LogP contribution in [-0.2, 0) is 4.79 Å². The second kappa shape index (κ2) is 4.40. The van der Waals surface area contributed by atoms with E-state index in [1.807, 2.05) is 19.1 Å². The number of benzene rings is 1. The lowest BCUT2D eigenvalue weighted by Crippen LogP contribution is -2.46. The van der Waals surface area contributed by atoms with E-state index in [4.69, 9.17) is 0 Å². The highest BCUT2D eigenvalue weighted by molar-refractivity contribution is 8.00. The van der Waals surface area contributed by atoms with Gasteiger partial charge < -0.3 is 10.6 Å². The Labute approximate surface area is 110 Å². The highest BCUT2D eigenvalue weighted by Gasteiger charge is 2.28. The second-order valence-corrected chi connectivity index (χ2v) is 6.06. The molecule has 94 valence electrons. The van der Waals surface area contributed by atoms with Crippen LogP contribution >= 0.6 is 11.8 Å². The van der Waals surface area contributed by atoms with Crippen LogP contribution in [0.3, 0.4) is 0 Å². The van der Waals surface area contributed by atoms with Gasteiger partial charge in [-0.15, -0.1) is 11.8 Å².